The normalized spacial score (nSPS) is 12.2. The summed E-state index contributed by atoms with van der Waals surface area (Å²) in [6.45, 7) is 6.06. The zero-order valence-electron chi connectivity index (χ0n) is 12.3. The summed E-state index contributed by atoms with van der Waals surface area (Å²) < 4.78 is 5.42. The van der Waals surface area contributed by atoms with Crippen molar-refractivity contribution in [3.63, 3.8) is 0 Å². The summed E-state index contributed by atoms with van der Waals surface area (Å²) in [6, 6.07) is 10.1. The van der Waals surface area contributed by atoms with Gasteiger partial charge in [-0.25, -0.2) is 4.98 Å². The second-order valence-corrected chi connectivity index (χ2v) is 5.95. The van der Waals surface area contributed by atoms with Crippen molar-refractivity contribution in [1.29, 1.82) is 0 Å². The van der Waals surface area contributed by atoms with Crippen molar-refractivity contribution < 1.29 is 4.74 Å². The first-order valence-corrected chi connectivity index (χ1v) is 7.38. The number of hydrogen-bond donors (Lipinski definition) is 1. The van der Waals surface area contributed by atoms with Crippen molar-refractivity contribution in [3.8, 4) is 5.75 Å². The van der Waals surface area contributed by atoms with Gasteiger partial charge in [0.25, 0.3) is 0 Å². The predicted molar refractivity (Wildman–Crippen MR) is 83.4 cm³/mol. The number of methoxy groups -OCH3 is 1. The lowest BCUT2D eigenvalue weighted by Gasteiger charge is -2.16. The molecule has 0 radical (unpaired) electrons. The highest BCUT2D eigenvalue weighted by atomic mass is 32.2. The van der Waals surface area contributed by atoms with E-state index in [2.05, 4.69) is 30.1 Å². The van der Waals surface area contributed by atoms with Crippen molar-refractivity contribution in [2.75, 3.05) is 7.11 Å². The lowest BCUT2D eigenvalue weighted by molar-refractivity contribution is 0.405. The van der Waals surface area contributed by atoms with Gasteiger partial charge in [0.1, 0.15) is 10.8 Å². The molecule has 3 nitrogen and oxygen atoms in total. The molecule has 0 aliphatic carbocycles. The summed E-state index contributed by atoms with van der Waals surface area (Å²) in [5, 5.41) is 0.984. The number of pyridine rings is 1. The first kappa shape index (κ1) is 14.9. The van der Waals surface area contributed by atoms with E-state index in [9.17, 15) is 0 Å². The molecule has 0 saturated carbocycles. The Kier molecular flexibility index (Phi) is 4.68. The highest BCUT2D eigenvalue weighted by Gasteiger charge is 2.14. The molecule has 20 heavy (non-hydrogen) atoms. The third-order valence-corrected chi connectivity index (χ3v) is 3.98. The standard InChI is InChI=1S/C16H20N2OS/c1-10-8-11(2)18-15(9-10)20-14-7-5-6-13(19-4)16(14)12(3)17/h5-9,12H,17H2,1-4H3/t12-/m1/s1. The Morgan fingerprint density at radius 1 is 1.25 bits per heavy atom. The van der Waals surface area contributed by atoms with Gasteiger partial charge in [-0.05, 0) is 50.6 Å². The molecule has 2 N–H and O–H groups in total. The number of nitrogens with zero attached hydrogens (tertiary/aromatic N) is 1. The first-order valence-electron chi connectivity index (χ1n) is 6.57. The minimum absolute atomic E-state index is 0.0837. The second kappa shape index (κ2) is 6.29. The fourth-order valence-electron chi connectivity index (χ4n) is 2.21. The Bertz CT molecular complexity index is 591. The molecule has 0 spiro atoms. The van der Waals surface area contributed by atoms with Crippen LogP contribution in [0.1, 0.15) is 29.8 Å². The highest BCUT2D eigenvalue weighted by Crippen LogP contribution is 2.37. The summed E-state index contributed by atoms with van der Waals surface area (Å²) in [4.78, 5) is 5.66. The fourth-order valence-corrected chi connectivity index (χ4v) is 3.41. The van der Waals surface area contributed by atoms with Crippen molar-refractivity contribution in [1.82, 2.24) is 4.98 Å². The molecule has 1 aromatic carbocycles. The molecule has 1 aromatic heterocycles. The monoisotopic (exact) mass is 288 g/mol. The molecular formula is C16H20N2OS. The number of aryl methyl sites for hydroxylation is 2. The minimum Gasteiger partial charge on any atom is -0.496 e. The van der Waals surface area contributed by atoms with Gasteiger partial charge in [0.05, 0.1) is 7.11 Å². The SMILES string of the molecule is COc1cccc(Sc2cc(C)cc(C)n2)c1[C@@H](C)N. The summed E-state index contributed by atoms with van der Waals surface area (Å²) in [6.07, 6.45) is 0. The molecule has 1 atom stereocenters. The van der Waals surface area contributed by atoms with Gasteiger partial charge in [-0.15, -0.1) is 0 Å². The zero-order valence-corrected chi connectivity index (χ0v) is 13.1. The smallest absolute Gasteiger partial charge is 0.124 e. The Morgan fingerprint density at radius 2 is 2.00 bits per heavy atom. The van der Waals surface area contributed by atoms with Crippen LogP contribution in [0.25, 0.3) is 0 Å². The van der Waals surface area contributed by atoms with Crippen molar-refractivity contribution in [3.05, 3.63) is 47.2 Å². The van der Waals surface area contributed by atoms with Gasteiger partial charge >= 0.3 is 0 Å². The van der Waals surface area contributed by atoms with Crippen LogP contribution in [-0.4, -0.2) is 12.1 Å². The van der Waals surface area contributed by atoms with E-state index in [4.69, 9.17) is 10.5 Å². The lowest BCUT2D eigenvalue weighted by atomic mass is 10.1. The van der Waals surface area contributed by atoms with Crippen molar-refractivity contribution >= 4 is 11.8 Å². The van der Waals surface area contributed by atoms with Crippen LogP contribution >= 0.6 is 11.8 Å². The fraction of sp³-hybridized carbons (Fsp3) is 0.312. The molecule has 0 saturated heterocycles. The van der Waals surface area contributed by atoms with Crippen LogP contribution < -0.4 is 10.5 Å². The van der Waals surface area contributed by atoms with E-state index in [1.165, 1.54) is 5.56 Å². The largest absolute Gasteiger partial charge is 0.496 e. The topological polar surface area (TPSA) is 48.1 Å². The molecule has 2 aromatic rings. The van der Waals surface area contributed by atoms with Crippen LogP contribution in [0, 0.1) is 13.8 Å². The van der Waals surface area contributed by atoms with Gasteiger partial charge in [-0.1, -0.05) is 17.8 Å². The van der Waals surface area contributed by atoms with Crippen LogP contribution in [0.15, 0.2) is 40.3 Å². The maximum atomic E-state index is 6.09. The maximum Gasteiger partial charge on any atom is 0.124 e. The second-order valence-electron chi connectivity index (χ2n) is 4.89. The average molecular weight is 288 g/mol. The quantitative estimate of drug-likeness (QED) is 0.927. The highest BCUT2D eigenvalue weighted by molar-refractivity contribution is 7.99. The van der Waals surface area contributed by atoms with E-state index in [1.807, 2.05) is 26.0 Å². The third-order valence-electron chi connectivity index (χ3n) is 2.99. The number of ether oxygens (including phenoxy) is 1. The molecule has 0 aliphatic rings. The molecule has 2 rings (SSSR count). The molecule has 0 aliphatic heterocycles. The van der Waals surface area contributed by atoms with Crippen LogP contribution in [-0.2, 0) is 0 Å². The van der Waals surface area contributed by atoms with E-state index in [0.29, 0.717) is 0 Å². The van der Waals surface area contributed by atoms with Crippen molar-refractivity contribution in [2.45, 2.75) is 36.7 Å². The van der Waals surface area contributed by atoms with Gasteiger partial charge in [-0.2, -0.15) is 0 Å². The van der Waals surface area contributed by atoms with Gasteiger partial charge in [0.2, 0.25) is 0 Å². The van der Waals surface area contributed by atoms with E-state index in [-0.39, 0.29) is 6.04 Å². The summed E-state index contributed by atoms with van der Waals surface area (Å²) in [5.41, 5.74) is 9.36. The summed E-state index contributed by atoms with van der Waals surface area (Å²) in [7, 11) is 1.67. The number of nitrogens with two attached hydrogens (primary N) is 1. The molecule has 106 valence electrons. The minimum atomic E-state index is -0.0837. The molecule has 1 heterocycles. The molecule has 0 amide bonds. The van der Waals surface area contributed by atoms with Crippen LogP contribution in [0.3, 0.4) is 0 Å². The van der Waals surface area contributed by atoms with Crippen LogP contribution in [0.4, 0.5) is 0 Å². The number of aromatic nitrogens is 1. The Morgan fingerprint density at radius 3 is 2.60 bits per heavy atom. The van der Waals surface area contributed by atoms with Crippen LogP contribution in [0.2, 0.25) is 0 Å². The summed E-state index contributed by atoms with van der Waals surface area (Å²) in [5.74, 6) is 0.828. The number of rotatable bonds is 4. The maximum absolute atomic E-state index is 6.09. The van der Waals surface area contributed by atoms with E-state index in [1.54, 1.807) is 18.9 Å². The van der Waals surface area contributed by atoms with Gasteiger partial charge in [0, 0.05) is 22.2 Å². The van der Waals surface area contributed by atoms with E-state index in [0.717, 1.165) is 26.9 Å². The van der Waals surface area contributed by atoms with Gasteiger partial charge in [-0.3, -0.25) is 0 Å². The van der Waals surface area contributed by atoms with Gasteiger partial charge in [0.15, 0.2) is 0 Å². The first-order chi connectivity index (χ1) is 9.51. The summed E-state index contributed by atoms with van der Waals surface area (Å²) >= 11 is 1.63. The van der Waals surface area contributed by atoms with E-state index < -0.39 is 0 Å². The number of hydrogen-bond acceptors (Lipinski definition) is 4. The Labute approximate surface area is 124 Å². The Balaban J connectivity index is 2.42. The molecule has 0 fully saturated rings. The van der Waals surface area contributed by atoms with Crippen molar-refractivity contribution in [2.24, 2.45) is 5.73 Å². The van der Waals surface area contributed by atoms with Crippen LogP contribution in [0.5, 0.6) is 5.75 Å². The molecule has 4 heteroatoms. The molecule has 0 bridgehead atoms. The Hall–Kier alpha value is -1.52. The molecule has 0 unspecified atom stereocenters. The molecular weight excluding hydrogens is 268 g/mol. The third kappa shape index (κ3) is 3.32. The van der Waals surface area contributed by atoms with Gasteiger partial charge < -0.3 is 10.5 Å². The average Bonchev–Trinajstić information content (AvgIpc) is 2.36. The van der Waals surface area contributed by atoms with E-state index >= 15 is 0 Å². The zero-order chi connectivity index (χ0) is 14.7. The lowest BCUT2D eigenvalue weighted by Crippen LogP contribution is -2.08. The number of benzene rings is 1. The predicted octanol–water partition coefficient (Wildman–Crippen LogP) is 3.88.